The summed E-state index contributed by atoms with van der Waals surface area (Å²) < 4.78 is 0. The second-order valence-corrected chi connectivity index (χ2v) is 6.57. The van der Waals surface area contributed by atoms with Crippen LogP contribution in [-0.2, 0) is 9.59 Å². The van der Waals surface area contributed by atoms with E-state index in [2.05, 4.69) is 0 Å². The number of hydrogen-bond acceptors (Lipinski definition) is 5. The molecule has 3 N–H and O–H groups in total. The molecule has 7 heteroatoms. The Kier molecular flexibility index (Phi) is 4.68. The molecule has 0 aromatic heterocycles. The van der Waals surface area contributed by atoms with E-state index >= 15 is 0 Å². The van der Waals surface area contributed by atoms with Crippen LogP contribution in [-0.4, -0.2) is 47.2 Å². The highest BCUT2D eigenvalue weighted by atomic mass is 35.5. The maximum absolute atomic E-state index is 12.7. The van der Waals surface area contributed by atoms with Gasteiger partial charge in [0.15, 0.2) is 0 Å². The van der Waals surface area contributed by atoms with Crippen molar-refractivity contribution in [3.8, 4) is 0 Å². The second kappa shape index (κ2) is 6.57. The van der Waals surface area contributed by atoms with Crippen molar-refractivity contribution < 1.29 is 14.7 Å². The SMILES string of the molecule is NC(O)C1CCN(C2CC(=O)N(c3cccc(Cl)c3)C2=O)CC1. The molecule has 2 aliphatic rings. The second-order valence-electron chi connectivity index (χ2n) is 6.13. The normalized spacial score (nSPS) is 25.2. The van der Waals surface area contributed by atoms with E-state index in [1.54, 1.807) is 24.3 Å². The molecule has 2 saturated heterocycles. The van der Waals surface area contributed by atoms with Crippen LogP contribution in [0.2, 0.25) is 5.02 Å². The van der Waals surface area contributed by atoms with E-state index in [0.717, 1.165) is 12.8 Å². The van der Waals surface area contributed by atoms with Gasteiger partial charge in [-0.15, -0.1) is 0 Å². The number of carbonyl (C=O) groups excluding carboxylic acids is 2. The first-order valence-corrected chi connectivity index (χ1v) is 8.15. The number of rotatable bonds is 3. The van der Waals surface area contributed by atoms with E-state index in [0.29, 0.717) is 23.8 Å². The Morgan fingerprint density at radius 1 is 1.26 bits per heavy atom. The van der Waals surface area contributed by atoms with Crippen LogP contribution in [0.5, 0.6) is 0 Å². The molecule has 2 heterocycles. The molecule has 0 spiro atoms. The average molecular weight is 338 g/mol. The maximum Gasteiger partial charge on any atom is 0.251 e. The standard InChI is InChI=1S/C16H20ClN3O3/c17-11-2-1-3-12(8-11)20-14(21)9-13(16(20)23)19-6-4-10(5-7-19)15(18)22/h1-3,8,10,13,15,22H,4-7,9,18H2. The molecule has 2 fully saturated rings. The molecule has 2 amide bonds. The van der Waals surface area contributed by atoms with Crippen LogP contribution in [0.1, 0.15) is 19.3 Å². The van der Waals surface area contributed by atoms with Crippen molar-refractivity contribution in [2.24, 2.45) is 11.7 Å². The molecular weight excluding hydrogens is 318 g/mol. The Bertz CT molecular complexity index is 614. The predicted molar refractivity (Wildman–Crippen MR) is 86.8 cm³/mol. The van der Waals surface area contributed by atoms with Gasteiger partial charge >= 0.3 is 0 Å². The molecule has 3 rings (SSSR count). The van der Waals surface area contributed by atoms with E-state index in [4.69, 9.17) is 17.3 Å². The lowest BCUT2D eigenvalue weighted by Crippen LogP contribution is -2.48. The summed E-state index contributed by atoms with van der Waals surface area (Å²) in [6.45, 7) is 1.32. The zero-order chi connectivity index (χ0) is 16.6. The summed E-state index contributed by atoms with van der Waals surface area (Å²) in [4.78, 5) is 28.2. The van der Waals surface area contributed by atoms with Gasteiger partial charge in [0.2, 0.25) is 5.91 Å². The number of aliphatic hydroxyl groups excluding tert-OH is 1. The fourth-order valence-corrected chi connectivity index (χ4v) is 3.54. The van der Waals surface area contributed by atoms with Crippen LogP contribution >= 0.6 is 11.6 Å². The fraction of sp³-hybridized carbons (Fsp3) is 0.500. The molecule has 0 radical (unpaired) electrons. The molecule has 23 heavy (non-hydrogen) atoms. The van der Waals surface area contributed by atoms with Crippen molar-refractivity contribution in [2.75, 3.05) is 18.0 Å². The lowest BCUT2D eigenvalue weighted by atomic mass is 9.94. The number of aliphatic hydroxyl groups is 1. The Balaban J connectivity index is 1.72. The number of carbonyl (C=O) groups is 2. The van der Waals surface area contributed by atoms with E-state index in [-0.39, 0.29) is 24.2 Å². The highest BCUT2D eigenvalue weighted by Gasteiger charge is 2.43. The Labute approximate surface area is 139 Å². The van der Waals surface area contributed by atoms with Crippen molar-refractivity contribution in [3.05, 3.63) is 29.3 Å². The Morgan fingerprint density at radius 3 is 2.57 bits per heavy atom. The van der Waals surface area contributed by atoms with Crippen molar-refractivity contribution in [1.29, 1.82) is 0 Å². The minimum Gasteiger partial charge on any atom is -0.379 e. The minimum atomic E-state index is -0.818. The number of nitrogens with zero attached hydrogens (tertiary/aromatic N) is 2. The largest absolute Gasteiger partial charge is 0.379 e. The molecule has 0 bridgehead atoms. The molecule has 0 saturated carbocycles. The van der Waals surface area contributed by atoms with Crippen LogP contribution in [0.15, 0.2) is 24.3 Å². The zero-order valence-corrected chi connectivity index (χ0v) is 13.4. The number of imide groups is 1. The van der Waals surface area contributed by atoms with E-state index < -0.39 is 12.3 Å². The van der Waals surface area contributed by atoms with Gasteiger partial charge in [-0.3, -0.25) is 14.5 Å². The van der Waals surface area contributed by atoms with E-state index in [1.807, 2.05) is 4.90 Å². The number of hydrogen-bond donors (Lipinski definition) is 2. The Hall–Kier alpha value is -1.47. The zero-order valence-electron chi connectivity index (χ0n) is 12.7. The smallest absolute Gasteiger partial charge is 0.251 e. The molecule has 124 valence electrons. The molecule has 6 nitrogen and oxygen atoms in total. The summed E-state index contributed by atoms with van der Waals surface area (Å²) in [6, 6.07) is 6.32. The summed E-state index contributed by atoms with van der Waals surface area (Å²) in [6.07, 6.45) is 0.821. The summed E-state index contributed by atoms with van der Waals surface area (Å²) in [5, 5.41) is 9.95. The van der Waals surface area contributed by atoms with Crippen molar-refractivity contribution in [2.45, 2.75) is 31.5 Å². The highest BCUT2D eigenvalue weighted by Crippen LogP contribution is 2.30. The minimum absolute atomic E-state index is 0.0579. The third-order valence-electron chi connectivity index (χ3n) is 4.69. The first-order chi connectivity index (χ1) is 11.0. The molecule has 2 atom stereocenters. The van der Waals surface area contributed by atoms with Gasteiger partial charge in [0, 0.05) is 10.9 Å². The van der Waals surface area contributed by atoms with E-state index in [9.17, 15) is 14.7 Å². The highest BCUT2D eigenvalue weighted by molar-refractivity contribution is 6.31. The summed E-state index contributed by atoms with van der Waals surface area (Å²) >= 11 is 5.95. The summed E-state index contributed by atoms with van der Waals surface area (Å²) in [5.41, 5.74) is 6.04. The van der Waals surface area contributed by atoms with Crippen LogP contribution in [0, 0.1) is 5.92 Å². The predicted octanol–water partition coefficient (Wildman–Crippen LogP) is 0.961. The van der Waals surface area contributed by atoms with Crippen LogP contribution in [0.25, 0.3) is 0 Å². The van der Waals surface area contributed by atoms with Crippen LogP contribution in [0.4, 0.5) is 5.69 Å². The Morgan fingerprint density at radius 2 is 1.96 bits per heavy atom. The number of anilines is 1. The van der Waals surface area contributed by atoms with Crippen molar-refractivity contribution in [1.82, 2.24) is 4.90 Å². The number of amides is 2. The number of benzene rings is 1. The monoisotopic (exact) mass is 337 g/mol. The van der Waals surface area contributed by atoms with Gasteiger partial charge in [0.05, 0.1) is 18.2 Å². The van der Waals surface area contributed by atoms with Gasteiger partial charge in [-0.05, 0) is 44.1 Å². The van der Waals surface area contributed by atoms with Gasteiger partial charge in [-0.25, -0.2) is 4.90 Å². The number of piperidine rings is 1. The number of likely N-dealkylation sites (tertiary alicyclic amines) is 1. The molecular formula is C16H20ClN3O3. The molecule has 0 aliphatic carbocycles. The number of nitrogens with two attached hydrogens (primary N) is 1. The average Bonchev–Trinajstić information content (AvgIpc) is 2.82. The van der Waals surface area contributed by atoms with Gasteiger partial charge in [0.1, 0.15) is 6.23 Å². The van der Waals surface area contributed by atoms with Gasteiger partial charge in [-0.1, -0.05) is 17.7 Å². The lowest BCUT2D eigenvalue weighted by Gasteiger charge is -2.35. The van der Waals surface area contributed by atoms with E-state index in [1.165, 1.54) is 4.90 Å². The molecule has 1 aromatic carbocycles. The van der Waals surface area contributed by atoms with Crippen molar-refractivity contribution >= 4 is 29.1 Å². The van der Waals surface area contributed by atoms with Gasteiger partial charge < -0.3 is 10.8 Å². The molecule has 1 aromatic rings. The number of halogens is 1. The van der Waals surface area contributed by atoms with Crippen LogP contribution < -0.4 is 10.6 Å². The molecule has 2 aliphatic heterocycles. The molecule has 2 unspecified atom stereocenters. The summed E-state index contributed by atoms with van der Waals surface area (Å²) in [7, 11) is 0. The summed E-state index contributed by atoms with van der Waals surface area (Å²) in [5.74, 6) is -0.352. The quantitative estimate of drug-likeness (QED) is 0.633. The first kappa shape index (κ1) is 16.4. The first-order valence-electron chi connectivity index (χ1n) is 7.77. The topological polar surface area (TPSA) is 86.9 Å². The lowest BCUT2D eigenvalue weighted by molar-refractivity contribution is -0.123. The fourth-order valence-electron chi connectivity index (χ4n) is 3.36. The van der Waals surface area contributed by atoms with Gasteiger partial charge in [0.25, 0.3) is 5.91 Å². The van der Waals surface area contributed by atoms with Crippen molar-refractivity contribution in [3.63, 3.8) is 0 Å². The van der Waals surface area contributed by atoms with Crippen LogP contribution in [0.3, 0.4) is 0 Å². The maximum atomic E-state index is 12.7. The third-order valence-corrected chi connectivity index (χ3v) is 4.92. The third kappa shape index (κ3) is 3.26. The van der Waals surface area contributed by atoms with Gasteiger partial charge in [-0.2, -0.15) is 0 Å².